The fourth-order valence-electron chi connectivity index (χ4n) is 2.34. The molecule has 0 aromatic heterocycles. The molecule has 1 aromatic rings. The van der Waals surface area contributed by atoms with Crippen LogP contribution >= 0.6 is 0 Å². The molecular formula is C23H35F5N2O8. The van der Waals surface area contributed by atoms with Crippen molar-refractivity contribution < 1.29 is 60.0 Å². The van der Waals surface area contributed by atoms with Crippen LogP contribution in [0.5, 0.6) is 5.75 Å². The van der Waals surface area contributed by atoms with Gasteiger partial charge in [0.15, 0.2) is 0 Å². The lowest BCUT2D eigenvalue weighted by Gasteiger charge is -2.08. The number of hydrogen-bond donors (Lipinski definition) is 2. The van der Waals surface area contributed by atoms with E-state index in [9.17, 15) is 31.5 Å². The number of benzene rings is 1. The van der Waals surface area contributed by atoms with Gasteiger partial charge in [0, 0.05) is 26.1 Å². The molecule has 0 spiro atoms. The number of carbonyl (C=O) groups is 2. The fourth-order valence-corrected chi connectivity index (χ4v) is 2.34. The molecule has 0 saturated carbocycles. The van der Waals surface area contributed by atoms with Crippen LogP contribution in [0.25, 0.3) is 0 Å². The Kier molecular flexibility index (Phi) is 22.2. The Morgan fingerprint density at radius 1 is 0.711 bits per heavy atom. The standard InChI is InChI=1S/C16H34N2O6.C7HF5O2/c1-2-6-20-10-11-21-7-3-16(19)18-5-9-23-13-15-24-14-12-22-8-4-17;8-2-3(9)5(11)7(14-1-13)6(12)4(2)10/h2-15,17H2,1H3,(H,18,19);1H. The number of amides is 1. The Morgan fingerprint density at radius 2 is 1.16 bits per heavy atom. The predicted molar refractivity (Wildman–Crippen MR) is 124 cm³/mol. The first-order valence-corrected chi connectivity index (χ1v) is 11.8. The average molecular weight is 563 g/mol. The van der Waals surface area contributed by atoms with Crippen LogP contribution in [0.1, 0.15) is 19.8 Å². The van der Waals surface area contributed by atoms with E-state index < -0.39 is 41.3 Å². The normalized spacial score (nSPS) is 10.6. The number of ether oxygens (including phenoxy) is 6. The molecule has 1 amide bonds. The van der Waals surface area contributed by atoms with E-state index in [-0.39, 0.29) is 5.91 Å². The van der Waals surface area contributed by atoms with Gasteiger partial charge in [0.1, 0.15) is 0 Å². The van der Waals surface area contributed by atoms with Crippen molar-refractivity contribution in [2.75, 3.05) is 79.2 Å². The smallest absolute Gasteiger partial charge is 0.298 e. The highest BCUT2D eigenvalue weighted by Crippen LogP contribution is 2.28. The summed E-state index contributed by atoms with van der Waals surface area (Å²) < 4.78 is 92.3. The summed E-state index contributed by atoms with van der Waals surface area (Å²) in [5, 5.41) is 2.77. The molecular weight excluding hydrogens is 527 g/mol. The van der Waals surface area contributed by atoms with E-state index in [0.717, 1.165) is 13.0 Å². The second-order valence-corrected chi connectivity index (χ2v) is 7.06. The van der Waals surface area contributed by atoms with Crippen molar-refractivity contribution in [3.05, 3.63) is 29.1 Å². The van der Waals surface area contributed by atoms with Crippen LogP contribution < -0.4 is 15.8 Å². The van der Waals surface area contributed by atoms with Crippen LogP contribution in [0, 0.1) is 29.1 Å². The van der Waals surface area contributed by atoms with Crippen LogP contribution in [-0.4, -0.2) is 91.5 Å². The third-order valence-corrected chi connectivity index (χ3v) is 4.10. The van der Waals surface area contributed by atoms with Crippen LogP contribution in [0.15, 0.2) is 0 Å². The maximum absolute atomic E-state index is 12.6. The zero-order valence-corrected chi connectivity index (χ0v) is 21.2. The minimum atomic E-state index is -2.31. The number of carbonyl (C=O) groups excluding carboxylic acids is 2. The lowest BCUT2D eigenvalue weighted by molar-refractivity contribution is -0.123. The van der Waals surface area contributed by atoms with Crippen molar-refractivity contribution >= 4 is 12.4 Å². The molecule has 0 unspecified atom stereocenters. The summed E-state index contributed by atoms with van der Waals surface area (Å²) in [5.41, 5.74) is 5.29. The van der Waals surface area contributed by atoms with E-state index in [4.69, 9.17) is 29.4 Å². The monoisotopic (exact) mass is 562 g/mol. The molecule has 0 atom stereocenters. The van der Waals surface area contributed by atoms with E-state index in [1.54, 1.807) is 0 Å². The molecule has 0 saturated heterocycles. The number of rotatable bonds is 21. The van der Waals surface area contributed by atoms with Gasteiger partial charge in [0.05, 0.1) is 59.5 Å². The maximum atomic E-state index is 12.6. The Labute approximate surface area is 217 Å². The zero-order valence-electron chi connectivity index (χ0n) is 21.2. The van der Waals surface area contributed by atoms with Crippen molar-refractivity contribution in [3.8, 4) is 5.75 Å². The van der Waals surface area contributed by atoms with Gasteiger partial charge in [-0.3, -0.25) is 9.59 Å². The molecule has 0 fully saturated rings. The van der Waals surface area contributed by atoms with Gasteiger partial charge in [-0.05, 0) is 6.42 Å². The molecule has 1 rings (SSSR count). The largest absolute Gasteiger partial charge is 0.422 e. The van der Waals surface area contributed by atoms with Gasteiger partial charge in [0.25, 0.3) is 6.47 Å². The van der Waals surface area contributed by atoms with Gasteiger partial charge in [-0.15, -0.1) is 0 Å². The van der Waals surface area contributed by atoms with Crippen LogP contribution in [0.3, 0.4) is 0 Å². The van der Waals surface area contributed by atoms with E-state index in [1.165, 1.54) is 0 Å². The predicted octanol–water partition coefficient (Wildman–Crippen LogP) is 1.86. The van der Waals surface area contributed by atoms with Crippen molar-refractivity contribution in [3.63, 3.8) is 0 Å². The van der Waals surface area contributed by atoms with Gasteiger partial charge in [-0.1, -0.05) is 6.92 Å². The third-order valence-electron chi connectivity index (χ3n) is 4.10. The van der Waals surface area contributed by atoms with Gasteiger partial charge in [-0.25, -0.2) is 13.2 Å². The summed E-state index contributed by atoms with van der Waals surface area (Å²) in [5.74, 6) is -12.7. The second kappa shape index (κ2) is 23.7. The Morgan fingerprint density at radius 3 is 1.66 bits per heavy atom. The number of nitrogens with one attached hydrogen (secondary N) is 1. The van der Waals surface area contributed by atoms with Crippen molar-refractivity contribution in [1.29, 1.82) is 0 Å². The molecule has 15 heteroatoms. The van der Waals surface area contributed by atoms with Crippen LogP contribution in [0.4, 0.5) is 22.0 Å². The first kappa shape index (κ1) is 35.6. The van der Waals surface area contributed by atoms with Crippen LogP contribution in [0.2, 0.25) is 0 Å². The fraction of sp³-hybridized carbons (Fsp3) is 0.652. The van der Waals surface area contributed by atoms with Gasteiger partial charge in [0.2, 0.25) is 40.7 Å². The van der Waals surface area contributed by atoms with Gasteiger partial charge >= 0.3 is 0 Å². The summed E-state index contributed by atoms with van der Waals surface area (Å²) in [6.45, 7) is 7.95. The summed E-state index contributed by atoms with van der Waals surface area (Å²) >= 11 is 0. The third kappa shape index (κ3) is 16.4. The Balaban J connectivity index is 0.000000824. The minimum absolute atomic E-state index is 0.0404. The first-order chi connectivity index (χ1) is 18.3. The maximum Gasteiger partial charge on any atom is 0.298 e. The second-order valence-electron chi connectivity index (χ2n) is 7.06. The summed E-state index contributed by atoms with van der Waals surface area (Å²) in [4.78, 5) is 21.2. The molecule has 3 N–H and O–H groups in total. The number of hydrogen-bond acceptors (Lipinski definition) is 9. The number of halogens is 5. The first-order valence-electron chi connectivity index (χ1n) is 11.8. The highest BCUT2D eigenvalue weighted by Gasteiger charge is 2.26. The summed E-state index contributed by atoms with van der Waals surface area (Å²) in [6.07, 6.45) is 1.35. The van der Waals surface area contributed by atoms with Crippen molar-refractivity contribution in [2.24, 2.45) is 5.73 Å². The quantitative estimate of drug-likeness (QED) is 0.0759. The van der Waals surface area contributed by atoms with E-state index >= 15 is 0 Å². The SMILES string of the molecule is CCCOCCOCCC(=O)NCCOCCOCCOCCN.O=COc1c(F)c(F)c(F)c(F)c1F. The van der Waals surface area contributed by atoms with Crippen LogP contribution in [-0.2, 0) is 33.3 Å². The molecule has 38 heavy (non-hydrogen) atoms. The molecule has 0 aliphatic heterocycles. The van der Waals surface area contributed by atoms with Crippen molar-refractivity contribution in [2.45, 2.75) is 19.8 Å². The summed E-state index contributed by atoms with van der Waals surface area (Å²) in [7, 11) is 0. The molecule has 220 valence electrons. The lowest BCUT2D eigenvalue weighted by Crippen LogP contribution is -2.28. The minimum Gasteiger partial charge on any atom is -0.422 e. The van der Waals surface area contributed by atoms with Gasteiger partial charge < -0.3 is 39.5 Å². The van der Waals surface area contributed by atoms with E-state index in [0.29, 0.717) is 79.0 Å². The Hall–Kier alpha value is -2.43. The molecule has 0 bridgehead atoms. The topological polar surface area (TPSA) is 128 Å². The molecule has 0 aliphatic carbocycles. The highest BCUT2D eigenvalue weighted by atomic mass is 19.2. The average Bonchev–Trinajstić information content (AvgIpc) is 2.91. The van der Waals surface area contributed by atoms with E-state index in [2.05, 4.69) is 17.0 Å². The number of nitrogens with two attached hydrogens (primary N) is 1. The molecule has 0 heterocycles. The lowest BCUT2D eigenvalue weighted by atomic mass is 10.3. The molecule has 0 radical (unpaired) electrons. The summed E-state index contributed by atoms with van der Waals surface area (Å²) in [6, 6.07) is 0. The molecule has 1 aromatic carbocycles. The van der Waals surface area contributed by atoms with Crippen molar-refractivity contribution in [1.82, 2.24) is 5.32 Å². The molecule has 0 aliphatic rings. The highest BCUT2D eigenvalue weighted by molar-refractivity contribution is 5.75. The Bertz CT molecular complexity index is 764. The van der Waals surface area contributed by atoms with Gasteiger partial charge in [-0.2, -0.15) is 8.78 Å². The van der Waals surface area contributed by atoms with E-state index in [1.807, 2.05) is 0 Å². The molecule has 10 nitrogen and oxygen atoms in total. The zero-order chi connectivity index (χ0) is 28.6.